The zero-order valence-corrected chi connectivity index (χ0v) is 13.2. The maximum Gasteiger partial charge on any atom is 0.416 e. The first-order chi connectivity index (χ1) is 12.3. The zero-order chi connectivity index (χ0) is 18.7. The van der Waals surface area contributed by atoms with Gasteiger partial charge in [0.2, 0.25) is 0 Å². The maximum atomic E-state index is 12.7. The van der Waals surface area contributed by atoms with Crippen LogP contribution in [0.15, 0.2) is 59.1 Å². The molecule has 0 fully saturated rings. The molecule has 2 aromatic carbocycles. The highest BCUT2D eigenvalue weighted by molar-refractivity contribution is 5.63. The Labute approximate surface area is 145 Å². The fourth-order valence-corrected chi connectivity index (χ4v) is 2.33. The highest BCUT2D eigenvalue weighted by atomic mass is 19.4. The van der Waals surface area contributed by atoms with Crippen molar-refractivity contribution in [2.45, 2.75) is 12.7 Å². The number of aromatic nitrogens is 1. The second kappa shape index (κ2) is 6.87. The van der Waals surface area contributed by atoms with E-state index < -0.39 is 22.4 Å². The topological polar surface area (TPSA) is 81.2 Å². The molecule has 0 bridgehead atoms. The van der Waals surface area contributed by atoms with Gasteiger partial charge in [-0.15, -0.1) is 0 Å². The van der Waals surface area contributed by atoms with Gasteiger partial charge in [-0.1, -0.05) is 35.5 Å². The normalized spacial score (nSPS) is 11.3. The molecule has 6 nitrogen and oxygen atoms in total. The van der Waals surface area contributed by atoms with E-state index in [1.54, 1.807) is 6.07 Å². The van der Waals surface area contributed by atoms with E-state index in [0.717, 1.165) is 17.7 Å². The van der Waals surface area contributed by atoms with E-state index in [1.165, 1.54) is 0 Å². The Morgan fingerprint density at radius 2 is 1.85 bits per heavy atom. The van der Waals surface area contributed by atoms with E-state index in [2.05, 4.69) is 10.5 Å². The van der Waals surface area contributed by atoms with Crippen molar-refractivity contribution in [2.75, 3.05) is 5.32 Å². The number of halogens is 3. The van der Waals surface area contributed by atoms with Gasteiger partial charge in [0.15, 0.2) is 5.76 Å². The van der Waals surface area contributed by atoms with E-state index in [9.17, 15) is 23.3 Å². The number of nitro groups is 1. The third kappa shape index (κ3) is 3.82. The highest BCUT2D eigenvalue weighted by Crippen LogP contribution is 2.35. The Hall–Kier alpha value is -3.36. The standard InChI is InChI=1S/C17H12F3N3O3/c18-17(19,20)12-6-7-14(16(8-12)23(24)25)21-10-13-9-15(22-26-13)11-4-2-1-3-5-11/h1-9,21H,10H2. The molecule has 0 aliphatic heterocycles. The van der Waals surface area contributed by atoms with Gasteiger partial charge in [-0.2, -0.15) is 13.2 Å². The van der Waals surface area contributed by atoms with Gasteiger partial charge in [-0.3, -0.25) is 10.1 Å². The number of hydrogen-bond acceptors (Lipinski definition) is 5. The van der Waals surface area contributed by atoms with Crippen molar-refractivity contribution in [1.82, 2.24) is 5.16 Å². The van der Waals surface area contributed by atoms with Gasteiger partial charge in [0, 0.05) is 17.7 Å². The first-order valence-electron chi connectivity index (χ1n) is 7.45. The van der Waals surface area contributed by atoms with Crippen LogP contribution in [0, 0.1) is 10.1 Å². The molecule has 0 unspecified atom stereocenters. The Bertz CT molecular complexity index is 924. The van der Waals surface area contributed by atoms with Crippen molar-refractivity contribution in [1.29, 1.82) is 0 Å². The molecule has 0 saturated heterocycles. The van der Waals surface area contributed by atoms with Gasteiger partial charge in [0.25, 0.3) is 5.69 Å². The molecule has 0 aliphatic rings. The van der Waals surface area contributed by atoms with Crippen molar-refractivity contribution in [3.63, 3.8) is 0 Å². The molecule has 0 amide bonds. The van der Waals surface area contributed by atoms with E-state index in [1.807, 2.05) is 30.3 Å². The van der Waals surface area contributed by atoms with Crippen molar-refractivity contribution < 1.29 is 22.6 Å². The molecule has 9 heteroatoms. The van der Waals surface area contributed by atoms with Crippen LogP contribution in [-0.2, 0) is 12.7 Å². The van der Waals surface area contributed by atoms with Crippen molar-refractivity contribution in [3.8, 4) is 11.3 Å². The molecule has 0 radical (unpaired) electrons. The molecule has 0 atom stereocenters. The largest absolute Gasteiger partial charge is 0.416 e. The van der Waals surface area contributed by atoms with Crippen LogP contribution in [0.1, 0.15) is 11.3 Å². The molecular weight excluding hydrogens is 351 g/mol. The maximum absolute atomic E-state index is 12.7. The van der Waals surface area contributed by atoms with Gasteiger partial charge in [-0.05, 0) is 12.1 Å². The summed E-state index contributed by atoms with van der Waals surface area (Å²) in [5.74, 6) is 0.387. The molecule has 1 heterocycles. The van der Waals surface area contributed by atoms with Crippen LogP contribution >= 0.6 is 0 Å². The lowest BCUT2D eigenvalue weighted by molar-refractivity contribution is -0.384. The molecule has 0 aliphatic carbocycles. The highest BCUT2D eigenvalue weighted by Gasteiger charge is 2.33. The predicted octanol–water partition coefficient (Wildman–Crippen LogP) is 4.88. The lowest BCUT2D eigenvalue weighted by Gasteiger charge is -2.09. The SMILES string of the molecule is O=[N+]([O-])c1cc(C(F)(F)F)ccc1NCc1cc(-c2ccccc2)no1. The van der Waals surface area contributed by atoms with Crippen LogP contribution < -0.4 is 5.32 Å². The van der Waals surface area contributed by atoms with E-state index in [4.69, 9.17) is 4.52 Å². The molecule has 1 aromatic heterocycles. The van der Waals surface area contributed by atoms with Crippen molar-refractivity contribution in [2.24, 2.45) is 0 Å². The number of nitrogens with one attached hydrogen (secondary N) is 1. The fraction of sp³-hybridized carbons (Fsp3) is 0.118. The van der Waals surface area contributed by atoms with Crippen LogP contribution in [-0.4, -0.2) is 10.1 Å². The summed E-state index contributed by atoms with van der Waals surface area (Å²) in [7, 11) is 0. The molecule has 134 valence electrons. The van der Waals surface area contributed by atoms with Gasteiger partial charge in [0.1, 0.15) is 11.4 Å². The number of nitro benzene ring substituents is 1. The van der Waals surface area contributed by atoms with Crippen LogP contribution in [0.4, 0.5) is 24.5 Å². The van der Waals surface area contributed by atoms with Gasteiger partial charge in [0.05, 0.1) is 17.0 Å². The average molecular weight is 363 g/mol. The van der Waals surface area contributed by atoms with E-state index in [-0.39, 0.29) is 12.2 Å². The summed E-state index contributed by atoms with van der Waals surface area (Å²) in [5, 5.41) is 17.7. The first-order valence-corrected chi connectivity index (χ1v) is 7.45. The molecule has 0 saturated carbocycles. The van der Waals surface area contributed by atoms with Gasteiger partial charge in [-0.25, -0.2) is 0 Å². The molecule has 0 spiro atoms. The molecule has 1 N–H and O–H groups in total. The average Bonchev–Trinajstić information content (AvgIpc) is 3.08. The number of nitrogens with zero attached hydrogens (tertiary/aromatic N) is 2. The van der Waals surface area contributed by atoms with Crippen LogP contribution in [0.2, 0.25) is 0 Å². The first kappa shape index (κ1) is 17.5. The summed E-state index contributed by atoms with van der Waals surface area (Å²) in [6.07, 6.45) is -4.65. The summed E-state index contributed by atoms with van der Waals surface area (Å²) in [6, 6.07) is 13.2. The van der Waals surface area contributed by atoms with Crippen molar-refractivity contribution >= 4 is 11.4 Å². The minimum atomic E-state index is -4.65. The van der Waals surface area contributed by atoms with Crippen molar-refractivity contribution in [3.05, 3.63) is 76.0 Å². The second-order valence-electron chi connectivity index (χ2n) is 5.38. The third-order valence-corrected chi connectivity index (χ3v) is 3.60. The molecule has 3 aromatic rings. The summed E-state index contributed by atoms with van der Waals surface area (Å²) in [4.78, 5) is 10.2. The summed E-state index contributed by atoms with van der Waals surface area (Å²) < 4.78 is 43.3. The quantitative estimate of drug-likeness (QED) is 0.516. The Kier molecular flexibility index (Phi) is 4.61. The Morgan fingerprint density at radius 3 is 2.50 bits per heavy atom. The minimum absolute atomic E-state index is 0.0338. The fourth-order valence-electron chi connectivity index (χ4n) is 2.33. The van der Waals surface area contributed by atoms with E-state index in [0.29, 0.717) is 17.5 Å². The third-order valence-electron chi connectivity index (χ3n) is 3.60. The zero-order valence-electron chi connectivity index (χ0n) is 13.2. The van der Waals surface area contributed by atoms with Gasteiger partial charge >= 0.3 is 6.18 Å². The second-order valence-corrected chi connectivity index (χ2v) is 5.38. The molecular formula is C17H12F3N3O3. The lowest BCUT2D eigenvalue weighted by atomic mass is 10.1. The monoisotopic (exact) mass is 363 g/mol. The van der Waals surface area contributed by atoms with E-state index >= 15 is 0 Å². The summed E-state index contributed by atoms with van der Waals surface area (Å²) in [5.41, 5.74) is -0.364. The Morgan fingerprint density at radius 1 is 1.12 bits per heavy atom. The number of rotatable bonds is 5. The number of benzene rings is 2. The summed E-state index contributed by atoms with van der Waals surface area (Å²) >= 11 is 0. The Balaban J connectivity index is 1.78. The molecule has 26 heavy (non-hydrogen) atoms. The van der Waals surface area contributed by atoms with Gasteiger partial charge < -0.3 is 9.84 Å². The van der Waals surface area contributed by atoms with Crippen LogP contribution in [0.3, 0.4) is 0 Å². The predicted molar refractivity (Wildman–Crippen MR) is 87.4 cm³/mol. The van der Waals surface area contributed by atoms with Crippen LogP contribution in [0.25, 0.3) is 11.3 Å². The number of hydrogen-bond donors (Lipinski definition) is 1. The number of alkyl halides is 3. The number of anilines is 1. The minimum Gasteiger partial charge on any atom is -0.372 e. The smallest absolute Gasteiger partial charge is 0.372 e. The van der Waals surface area contributed by atoms with Crippen LogP contribution in [0.5, 0.6) is 0 Å². The lowest BCUT2D eigenvalue weighted by Crippen LogP contribution is -2.08. The summed E-state index contributed by atoms with van der Waals surface area (Å²) in [6.45, 7) is 0.0338. The molecule has 3 rings (SSSR count).